The van der Waals surface area contributed by atoms with Crippen LogP contribution in [0.5, 0.6) is 5.75 Å². The molecule has 3 aromatic carbocycles. The number of para-hydroxylation sites is 2. The molecule has 0 atom stereocenters. The molecule has 6 heteroatoms. The Bertz CT molecular complexity index is 1140. The summed E-state index contributed by atoms with van der Waals surface area (Å²) >= 11 is 0. The van der Waals surface area contributed by atoms with Crippen LogP contribution in [0.2, 0.25) is 0 Å². The van der Waals surface area contributed by atoms with Crippen LogP contribution in [0, 0.1) is 11.3 Å². The Hall–Kier alpha value is -4.08. The molecule has 35 heavy (non-hydrogen) atoms. The van der Waals surface area contributed by atoms with Crippen LogP contribution in [-0.2, 0) is 4.79 Å². The topological polar surface area (TPSA) is 68.6 Å². The normalized spacial score (nSPS) is 14.4. The van der Waals surface area contributed by atoms with Crippen LogP contribution in [0.3, 0.4) is 0 Å². The molecule has 1 heterocycles. The third kappa shape index (κ3) is 5.89. The first-order valence-electron chi connectivity index (χ1n) is 11.9. The molecular formula is C29H30N4O2. The molecule has 3 aromatic rings. The number of hydrogen-bond donors (Lipinski definition) is 1. The van der Waals surface area contributed by atoms with Crippen LogP contribution in [0.1, 0.15) is 24.1 Å². The Morgan fingerprint density at radius 1 is 0.943 bits per heavy atom. The minimum Gasteiger partial charge on any atom is -0.492 e. The maximum atomic E-state index is 13.1. The van der Waals surface area contributed by atoms with Crippen molar-refractivity contribution in [1.29, 1.82) is 5.26 Å². The summed E-state index contributed by atoms with van der Waals surface area (Å²) in [6.45, 7) is 5.01. The van der Waals surface area contributed by atoms with E-state index in [1.807, 2.05) is 43.3 Å². The average Bonchev–Trinajstić information content (AvgIpc) is 2.92. The smallest absolute Gasteiger partial charge is 0.266 e. The molecule has 178 valence electrons. The van der Waals surface area contributed by atoms with Gasteiger partial charge in [0.05, 0.1) is 18.3 Å². The van der Waals surface area contributed by atoms with Crippen molar-refractivity contribution in [2.45, 2.75) is 13.0 Å². The Kier molecular flexibility index (Phi) is 8.16. The van der Waals surface area contributed by atoms with E-state index in [2.05, 4.69) is 64.8 Å². The Morgan fingerprint density at radius 3 is 2.09 bits per heavy atom. The molecule has 0 saturated carbocycles. The van der Waals surface area contributed by atoms with Crippen LogP contribution in [-0.4, -0.2) is 48.5 Å². The molecule has 0 bridgehead atoms. The van der Waals surface area contributed by atoms with Gasteiger partial charge in [0.2, 0.25) is 0 Å². The summed E-state index contributed by atoms with van der Waals surface area (Å²) in [6, 6.07) is 30.5. The third-order valence-corrected chi connectivity index (χ3v) is 6.11. The summed E-state index contributed by atoms with van der Waals surface area (Å²) in [5, 5.41) is 12.7. The highest BCUT2D eigenvalue weighted by Crippen LogP contribution is 2.29. The molecule has 0 radical (unpaired) electrons. The zero-order valence-corrected chi connectivity index (χ0v) is 19.9. The third-order valence-electron chi connectivity index (χ3n) is 6.11. The van der Waals surface area contributed by atoms with Gasteiger partial charge in [0.25, 0.3) is 5.91 Å². The zero-order valence-electron chi connectivity index (χ0n) is 19.9. The van der Waals surface area contributed by atoms with Gasteiger partial charge in [-0.15, -0.1) is 0 Å². The van der Waals surface area contributed by atoms with Crippen LogP contribution in [0.4, 0.5) is 5.69 Å². The molecule has 1 aliphatic heterocycles. The highest BCUT2D eigenvalue weighted by molar-refractivity contribution is 5.97. The minimum absolute atomic E-state index is 0.0763. The number of nitrogens with zero attached hydrogens (tertiary/aromatic N) is 3. The Labute approximate surface area is 207 Å². The van der Waals surface area contributed by atoms with Gasteiger partial charge in [0, 0.05) is 32.4 Å². The fourth-order valence-corrected chi connectivity index (χ4v) is 4.40. The highest BCUT2D eigenvalue weighted by Gasteiger charge is 2.29. The maximum absolute atomic E-state index is 13.1. The quantitative estimate of drug-likeness (QED) is 0.380. The minimum atomic E-state index is -0.260. The largest absolute Gasteiger partial charge is 0.492 e. The lowest BCUT2D eigenvalue weighted by atomic mass is 9.96. The Balaban J connectivity index is 1.45. The lowest BCUT2D eigenvalue weighted by Crippen LogP contribution is -2.50. The highest BCUT2D eigenvalue weighted by atomic mass is 16.5. The first-order valence-corrected chi connectivity index (χ1v) is 11.9. The molecule has 0 unspecified atom stereocenters. The lowest BCUT2D eigenvalue weighted by Gasteiger charge is -2.39. The van der Waals surface area contributed by atoms with Crippen molar-refractivity contribution in [3.05, 3.63) is 108 Å². The van der Waals surface area contributed by atoms with Crippen molar-refractivity contribution < 1.29 is 9.53 Å². The number of nitriles is 1. The second kappa shape index (κ2) is 11.9. The van der Waals surface area contributed by atoms with Crippen LogP contribution >= 0.6 is 0 Å². The van der Waals surface area contributed by atoms with E-state index in [1.165, 1.54) is 17.3 Å². The standard InChI is InChI=1S/C29H30N4O2/c1-2-35-27-16-10-9-15-26(27)31-22-25(21-30)29(34)33-19-17-32(18-20-33)28(23-11-5-3-6-12-23)24-13-7-4-8-14-24/h3-16,22,28,31H,2,17-20H2,1H3/b25-22-. The van der Waals surface area contributed by atoms with Gasteiger partial charge in [0.1, 0.15) is 17.4 Å². The predicted molar refractivity (Wildman–Crippen MR) is 138 cm³/mol. The molecule has 4 rings (SSSR count). The molecule has 1 fully saturated rings. The predicted octanol–water partition coefficient (Wildman–Crippen LogP) is 4.84. The summed E-state index contributed by atoms with van der Waals surface area (Å²) < 4.78 is 5.61. The van der Waals surface area contributed by atoms with Crippen molar-refractivity contribution in [3.8, 4) is 11.8 Å². The average molecular weight is 467 g/mol. The number of nitrogens with one attached hydrogen (secondary N) is 1. The summed E-state index contributed by atoms with van der Waals surface area (Å²) in [5.74, 6) is 0.419. The van der Waals surface area contributed by atoms with E-state index in [9.17, 15) is 10.1 Å². The molecule has 1 aliphatic rings. The summed E-state index contributed by atoms with van der Waals surface area (Å²) in [4.78, 5) is 17.3. The van der Waals surface area contributed by atoms with E-state index in [-0.39, 0.29) is 17.5 Å². The van der Waals surface area contributed by atoms with E-state index in [0.717, 1.165) is 13.1 Å². The fraction of sp³-hybridized carbons (Fsp3) is 0.241. The van der Waals surface area contributed by atoms with Crippen LogP contribution in [0.15, 0.2) is 96.7 Å². The van der Waals surface area contributed by atoms with Gasteiger partial charge in [-0.3, -0.25) is 9.69 Å². The van der Waals surface area contributed by atoms with Crippen LogP contribution < -0.4 is 10.1 Å². The van der Waals surface area contributed by atoms with E-state index in [1.54, 1.807) is 4.90 Å². The van der Waals surface area contributed by atoms with E-state index in [0.29, 0.717) is 31.1 Å². The lowest BCUT2D eigenvalue weighted by molar-refractivity contribution is -0.128. The maximum Gasteiger partial charge on any atom is 0.266 e. The molecule has 0 spiro atoms. The number of hydrogen-bond acceptors (Lipinski definition) is 5. The Morgan fingerprint density at radius 2 is 1.51 bits per heavy atom. The van der Waals surface area contributed by atoms with Crippen molar-refractivity contribution in [1.82, 2.24) is 9.80 Å². The van der Waals surface area contributed by atoms with Crippen molar-refractivity contribution in [2.75, 3.05) is 38.1 Å². The molecule has 1 amide bonds. The van der Waals surface area contributed by atoms with Gasteiger partial charge in [-0.05, 0) is 30.2 Å². The number of ether oxygens (including phenoxy) is 1. The molecule has 0 aromatic heterocycles. The SMILES string of the molecule is CCOc1ccccc1N/C=C(/C#N)C(=O)N1CCN(C(c2ccccc2)c2ccccc2)CC1. The second-order valence-corrected chi connectivity index (χ2v) is 8.30. The number of rotatable bonds is 8. The fourth-order valence-electron chi connectivity index (χ4n) is 4.40. The number of piperazine rings is 1. The molecule has 0 aliphatic carbocycles. The van der Waals surface area contributed by atoms with Crippen molar-refractivity contribution in [3.63, 3.8) is 0 Å². The van der Waals surface area contributed by atoms with Gasteiger partial charge in [-0.2, -0.15) is 5.26 Å². The van der Waals surface area contributed by atoms with Gasteiger partial charge < -0.3 is 15.0 Å². The monoisotopic (exact) mass is 466 g/mol. The van der Waals surface area contributed by atoms with E-state index in [4.69, 9.17) is 4.74 Å². The second-order valence-electron chi connectivity index (χ2n) is 8.30. The van der Waals surface area contributed by atoms with E-state index < -0.39 is 0 Å². The molecule has 1 saturated heterocycles. The summed E-state index contributed by atoms with van der Waals surface area (Å²) in [7, 11) is 0. The van der Waals surface area contributed by atoms with Gasteiger partial charge >= 0.3 is 0 Å². The summed E-state index contributed by atoms with van der Waals surface area (Å²) in [5.41, 5.74) is 3.25. The number of anilines is 1. The number of amides is 1. The summed E-state index contributed by atoms with van der Waals surface area (Å²) in [6.07, 6.45) is 1.48. The number of carbonyl (C=O) groups excluding carboxylic acids is 1. The molecule has 6 nitrogen and oxygen atoms in total. The van der Waals surface area contributed by atoms with Gasteiger partial charge in [0.15, 0.2) is 0 Å². The zero-order chi connectivity index (χ0) is 24.5. The van der Waals surface area contributed by atoms with Gasteiger partial charge in [-0.25, -0.2) is 0 Å². The first-order chi connectivity index (χ1) is 17.2. The first kappa shape index (κ1) is 24.1. The molecule has 1 N–H and O–H groups in total. The van der Waals surface area contributed by atoms with Crippen LogP contribution in [0.25, 0.3) is 0 Å². The number of carbonyl (C=O) groups is 1. The van der Waals surface area contributed by atoms with Gasteiger partial charge in [-0.1, -0.05) is 72.8 Å². The van der Waals surface area contributed by atoms with Crippen molar-refractivity contribution >= 4 is 11.6 Å². The van der Waals surface area contributed by atoms with E-state index >= 15 is 0 Å². The van der Waals surface area contributed by atoms with Crippen molar-refractivity contribution in [2.24, 2.45) is 0 Å². The molecular weight excluding hydrogens is 436 g/mol. The number of benzene rings is 3.